The number of benzene rings is 1. The normalized spacial score (nSPS) is 19.1. The maximum atomic E-state index is 12.8. The molecule has 1 aromatic heterocycles. The second-order valence-corrected chi connectivity index (χ2v) is 4.81. The Labute approximate surface area is 116 Å². The minimum Gasteiger partial charge on any atom is -0.380 e. The quantitative estimate of drug-likeness (QED) is 0.927. The molecule has 3 rings (SSSR count). The molecule has 1 fully saturated rings. The molecule has 2 heterocycles. The molecule has 0 radical (unpaired) electrons. The first-order chi connectivity index (χ1) is 9.81. The van der Waals surface area contributed by atoms with Crippen molar-refractivity contribution >= 4 is 0 Å². The van der Waals surface area contributed by atoms with Crippen LogP contribution in [0.3, 0.4) is 0 Å². The molecule has 1 N–H and O–H groups in total. The van der Waals surface area contributed by atoms with Crippen LogP contribution in [0, 0.1) is 5.82 Å². The lowest BCUT2D eigenvalue weighted by Crippen LogP contribution is -2.36. The molecule has 2 aromatic rings. The van der Waals surface area contributed by atoms with Gasteiger partial charge in [0.2, 0.25) is 11.7 Å². The molecular formula is C14H16FN3O2. The molecule has 20 heavy (non-hydrogen) atoms. The average molecular weight is 277 g/mol. The van der Waals surface area contributed by atoms with Crippen LogP contribution in [0.4, 0.5) is 4.39 Å². The zero-order chi connectivity index (χ0) is 13.8. The number of hydrogen-bond donors (Lipinski definition) is 1. The van der Waals surface area contributed by atoms with Gasteiger partial charge in [0.25, 0.3) is 0 Å². The first kappa shape index (κ1) is 13.2. The molecule has 0 saturated carbocycles. The number of rotatable bonds is 4. The SMILES string of the molecule is Fc1ccc(-c2noc(CNC3CCCOC3)n2)cc1. The summed E-state index contributed by atoms with van der Waals surface area (Å²) in [5.41, 5.74) is 0.738. The van der Waals surface area contributed by atoms with Gasteiger partial charge < -0.3 is 14.6 Å². The van der Waals surface area contributed by atoms with E-state index in [-0.39, 0.29) is 5.82 Å². The third-order valence-corrected chi connectivity index (χ3v) is 3.27. The molecule has 0 bridgehead atoms. The number of aromatic nitrogens is 2. The third kappa shape index (κ3) is 3.20. The van der Waals surface area contributed by atoms with E-state index in [0.29, 0.717) is 24.3 Å². The second-order valence-electron chi connectivity index (χ2n) is 4.81. The number of hydrogen-bond acceptors (Lipinski definition) is 5. The topological polar surface area (TPSA) is 60.2 Å². The molecule has 1 saturated heterocycles. The van der Waals surface area contributed by atoms with Crippen molar-refractivity contribution in [1.29, 1.82) is 0 Å². The fraction of sp³-hybridized carbons (Fsp3) is 0.429. The van der Waals surface area contributed by atoms with E-state index < -0.39 is 0 Å². The zero-order valence-corrected chi connectivity index (χ0v) is 11.0. The van der Waals surface area contributed by atoms with E-state index in [1.54, 1.807) is 12.1 Å². The number of halogens is 1. The lowest BCUT2D eigenvalue weighted by atomic mass is 10.1. The summed E-state index contributed by atoms with van der Waals surface area (Å²) in [5.74, 6) is 0.716. The van der Waals surface area contributed by atoms with Gasteiger partial charge in [-0.3, -0.25) is 0 Å². The summed E-state index contributed by atoms with van der Waals surface area (Å²) < 4.78 is 23.4. The minimum absolute atomic E-state index is 0.281. The maximum absolute atomic E-state index is 12.8. The highest BCUT2D eigenvalue weighted by molar-refractivity contribution is 5.53. The summed E-state index contributed by atoms with van der Waals surface area (Å²) in [5, 5.41) is 7.23. The van der Waals surface area contributed by atoms with Gasteiger partial charge in [-0.15, -0.1) is 0 Å². The number of nitrogens with one attached hydrogen (secondary N) is 1. The van der Waals surface area contributed by atoms with Crippen LogP contribution in [0.1, 0.15) is 18.7 Å². The van der Waals surface area contributed by atoms with E-state index in [9.17, 15) is 4.39 Å². The van der Waals surface area contributed by atoms with Crippen molar-refractivity contribution in [2.24, 2.45) is 0 Å². The average Bonchev–Trinajstić information content (AvgIpc) is 2.96. The molecule has 1 aliphatic rings. The molecule has 6 heteroatoms. The van der Waals surface area contributed by atoms with Crippen LogP contribution >= 0.6 is 0 Å². The summed E-state index contributed by atoms with van der Waals surface area (Å²) in [6, 6.07) is 6.36. The summed E-state index contributed by atoms with van der Waals surface area (Å²) in [6.07, 6.45) is 2.17. The van der Waals surface area contributed by atoms with Crippen molar-refractivity contribution in [3.63, 3.8) is 0 Å². The lowest BCUT2D eigenvalue weighted by molar-refractivity contribution is 0.0689. The lowest BCUT2D eigenvalue weighted by Gasteiger charge is -2.22. The van der Waals surface area contributed by atoms with Crippen molar-refractivity contribution in [2.45, 2.75) is 25.4 Å². The molecule has 0 spiro atoms. The van der Waals surface area contributed by atoms with Crippen LogP contribution in [0.15, 0.2) is 28.8 Å². The Kier molecular flexibility index (Phi) is 4.03. The van der Waals surface area contributed by atoms with E-state index in [2.05, 4.69) is 15.5 Å². The Morgan fingerprint density at radius 2 is 2.15 bits per heavy atom. The summed E-state index contributed by atoms with van der Waals surface area (Å²) in [6.45, 7) is 2.08. The van der Waals surface area contributed by atoms with Crippen LogP contribution in [0.5, 0.6) is 0 Å². The Balaban J connectivity index is 1.60. The Morgan fingerprint density at radius 3 is 2.90 bits per heavy atom. The number of nitrogens with zero attached hydrogens (tertiary/aromatic N) is 2. The molecular weight excluding hydrogens is 261 g/mol. The summed E-state index contributed by atoms with van der Waals surface area (Å²) in [4.78, 5) is 4.29. The monoisotopic (exact) mass is 277 g/mol. The highest BCUT2D eigenvalue weighted by Gasteiger charge is 2.15. The van der Waals surface area contributed by atoms with Crippen LogP contribution < -0.4 is 5.32 Å². The van der Waals surface area contributed by atoms with Crippen molar-refractivity contribution < 1.29 is 13.7 Å². The van der Waals surface area contributed by atoms with E-state index in [1.165, 1.54) is 12.1 Å². The predicted octanol–water partition coefficient (Wildman–Crippen LogP) is 2.14. The fourth-order valence-corrected chi connectivity index (χ4v) is 2.18. The van der Waals surface area contributed by atoms with Crippen LogP contribution in [-0.4, -0.2) is 29.4 Å². The van der Waals surface area contributed by atoms with E-state index in [1.807, 2.05) is 0 Å². The standard InChI is InChI=1S/C14H16FN3O2/c15-11-5-3-10(4-6-11)14-17-13(20-18-14)8-16-12-2-1-7-19-9-12/h3-6,12,16H,1-2,7-9H2. The molecule has 5 nitrogen and oxygen atoms in total. The third-order valence-electron chi connectivity index (χ3n) is 3.27. The van der Waals surface area contributed by atoms with Crippen molar-refractivity contribution in [3.8, 4) is 11.4 Å². The molecule has 1 aromatic carbocycles. The minimum atomic E-state index is -0.281. The van der Waals surface area contributed by atoms with Gasteiger partial charge in [0.15, 0.2) is 0 Å². The van der Waals surface area contributed by atoms with E-state index in [0.717, 1.165) is 31.6 Å². The fourth-order valence-electron chi connectivity index (χ4n) is 2.18. The second kappa shape index (κ2) is 6.11. The first-order valence-electron chi connectivity index (χ1n) is 6.71. The van der Waals surface area contributed by atoms with Gasteiger partial charge in [-0.2, -0.15) is 4.98 Å². The van der Waals surface area contributed by atoms with Crippen molar-refractivity contribution in [2.75, 3.05) is 13.2 Å². The smallest absolute Gasteiger partial charge is 0.240 e. The Morgan fingerprint density at radius 1 is 1.30 bits per heavy atom. The first-order valence-corrected chi connectivity index (χ1v) is 6.71. The van der Waals surface area contributed by atoms with Gasteiger partial charge in [-0.05, 0) is 37.1 Å². The van der Waals surface area contributed by atoms with Gasteiger partial charge in [-0.25, -0.2) is 4.39 Å². The van der Waals surface area contributed by atoms with Gasteiger partial charge in [0, 0.05) is 18.2 Å². The van der Waals surface area contributed by atoms with Gasteiger partial charge in [-0.1, -0.05) is 5.16 Å². The number of ether oxygens (including phenoxy) is 1. The summed E-state index contributed by atoms with van der Waals surface area (Å²) in [7, 11) is 0. The molecule has 0 amide bonds. The Bertz CT molecular complexity index is 550. The summed E-state index contributed by atoms with van der Waals surface area (Å²) >= 11 is 0. The molecule has 1 unspecified atom stereocenters. The van der Waals surface area contributed by atoms with Crippen molar-refractivity contribution in [1.82, 2.24) is 15.5 Å². The van der Waals surface area contributed by atoms with E-state index in [4.69, 9.17) is 9.26 Å². The highest BCUT2D eigenvalue weighted by Crippen LogP contribution is 2.16. The zero-order valence-electron chi connectivity index (χ0n) is 11.0. The molecule has 1 atom stereocenters. The Hall–Kier alpha value is -1.79. The highest BCUT2D eigenvalue weighted by atomic mass is 19.1. The molecule has 106 valence electrons. The van der Waals surface area contributed by atoms with Crippen LogP contribution in [-0.2, 0) is 11.3 Å². The van der Waals surface area contributed by atoms with Crippen LogP contribution in [0.2, 0.25) is 0 Å². The maximum Gasteiger partial charge on any atom is 0.240 e. The van der Waals surface area contributed by atoms with Crippen molar-refractivity contribution in [3.05, 3.63) is 36.0 Å². The van der Waals surface area contributed by atoms with E-state index >= 15 is 0 Å². The molecule has 1 aliphatic heterocycles. The van der Waals surface area contributed by atoms with Gasteiger partial charge in [0.1, 0.15) is 5.82 Å². The van der Waals surface area contributed by atoms with Crippen LogP contribution in [0.25, 0.3) is 11.4 Å². The molecule has 0 aliphatic carbocycles. The largest absolute Gasteiger partial charge is 0.380 e. The predicted molar refractivity (Wildman–Crippen MR) is 70.4 cm³/mol. The van der Waals surface area contributed by atoms with Gasteiger partial charge >= 0.3 is 0 Å². The van der Waals surface area contributed by atoms with Gasteiger partial charge in [0.05, 0.1) is 13.2 Å².